The standard InChI is InChI=1S/C34H22F2/c35-29-13-5-23(6-14-29)1-3-25-9-17-31-27(21-25)11-19-34-32-18-10-26(22-28(32)12-20-33(31)34)4-2-24-7-15-30(36)16-8-24/h1-22H. The zero-order valence-corrected chi connectivity index (χ0v) is 19.5. The molecule has 0 saturated carbocycles. The fourth-order valence-electron chi connectivity index (χ4n) is 4.66. The van der Waals surface area contributed by atoms with Crippen molar-refractivity contribution in [3.63, 3.8) is 0 Å². The van der Waals surface area contributed by atoms with Gasteiger partial charge in [-0.05, 0) is 91.0 Å². The molecule has 0 nitrogen and oxygen atoms in total. The third-order valence-electron chi connectivity index (χ3n) is 6.56. The van der Waals surface area contributed by atoms with E-state index in [-0.39, 0.29) is 11.6 Å². The van der Waals surface area contributed by atoms with Gasteiger partial charge in [-0.2, -0.15) is 0 Å². The summed E-state index contributed by atoms with van der Waals surface area (Å²) in [6.07, 6.45) is 8.10. The van der Waals surface area contributed by atoms with E-state index in [1.807, 2.05) is 12.2 Å². The molecule has 172 valence electrons. The third kappa shape index (κ3) is 4.42. The van der Waals surface area contributed by atoms with Crippen molar-refractivity contribution in [1.82, 2.24) is 0 Å². The minimum atomic E-state index is -0.227. The van der Waals surface area contributed by atoms with E-state index in [2.05, 4.69) is 72.8 Å². The summed E-state index contributed by atoms with van der Waals surface area (Å²) >= 11 is 0. The van der Waals surface area contributed by atoms with Crippen LogP contribution in [0.25, 0.3) is 56.6 Å². The summed E-state index contributed by atoms with van der Waals surface area (Å²) < 4.78 is 26.3. The van der Waals surface area contributed by atoms with Crippen LogP contribution in [0.4, 0.5) is 8.78 Å². The fourth-order valence-corrected chi connectivity index (χ4v) is 4.66. The molecule has 0 N–H and O–H groups in total. The van der Waals surface area contributed by atoms with Gasteiger partial charge in [0.15, 0.2) is 0 Å². The first-order valence-electron chi connectivity index (χ1n) is 11.9. The monoisotopic (exact) mass is 468 g/mol. The lowest BCUT2D eigenvalue weighted by Gasteiger charge is -2.09. The lowest BCUT2D eigenvalue weighted by Crippen LogP contribution is -1.83. The Bertz CT molecular complexity index is 1640. The summed E-state index contributed by atoms with van der Waals surface area (Å²) in [7, 11) is 0. The normalized spacial score (nSPS) is 11.9. The quantitative estimate of drug-likeness (QED) is 0.178. The van der Waals surface area contributed by atoms with Crippen LogP contribution in [0.2, 0.25) is 0 Å². The molecule has 0 amide bonds. The number of rotatable bonds is 4. The molecule has 36 heavy (non-hydrogen) atoms. The molecule has 6 aromatic rings. The van der Waals surface area contributed by atoms with Crippen molar-refractivity contribution in [3.05, 3.63) is 143 Å². The predicted octanol–water partition coefficient (Wildman–Crippen LogP) is 9.77. The molecule has 0 aliphatic carbocycles. The van der Waals surface area contributed by atoms with Gasteiger partial charge in [-0.1, -0.05) is 97.1 Å². The Kier molecular flexibility index (Phi) is 5.63. The van der Waals surface area contributed by atoms with E-state index in [4.69, 9.17) is 0 Å². The van der Waals surface area contributed by atoms with Crippen molar-refractivity contribution >= 4 is 56.6 Å². The largest absolute Gasteiger partial charge is 0.207 e. The topological polar surface area (TPSA) is 0 Å². The molecule has 0 bridgehead atoms. The summed E-state index contributed by atoms with van der Waals surface area (Å²) in [4.78, 5) is 0. The average Bonchev–Trinajstić information content (AvgIpc) is 2.91. The summed E-state index contributed by atoms with van der Waals surface area (Å²) in [5.41, 5.74) is 4.14. The van der Waals surface area contributed by atoms with E-state index in [1.165, 1.54) is 56.6 Å². The highest BCUT2D eigenvalue weighted by atomic mass is 19.1. The number of hydrogen-bond donors (Lipinski definition) is 0. The lowest BCUT2D eigenvalue weighted by molar-refractivity contribution is 0.627. The minimum Gasteiger partial charge on any atom is -0.207 e. The molecule has 0 unspecified atom stereocenters. The Hall–Kier alpha value is -4.56. The van der Waals surface area contributed by atoms with Gasteiger partial charge in [0, 0.05) is 0 Å². The van der Waals surface area contributed by atoms with Crippen molar-refractivity contribution in [3.8, 4) is 0 Å². The average molecular weight is 469 g/mol. The number of fused-ring (bicyclic) bond motifs is 5. The highest BCUT2D eigenvalue weighted by Crippen LogP contribution is 2.32. The Labute approximate surface area is 208 Å². The highest BCUT2D eigenvalue weighted by molar-refractivity contribution is 6.17. The van der Waals surface area contributed by atoms with Gasteiger partial charge in [-0.15, -0.1) is 0 Å². The molecule has 2 heteroatoms. The van der Waals surface area contributed by atoms with Crippen molar-refractivity contribution in [2.45, 2.75) is 0 Å². The predicted molar refractivity (Wildman–Crippen MR) is 150 cm³/mol. The van der Waals surface area contributed by atoms with Crippen LogP contribution in [-0.2, 0) is 0 Å². The van der Waals surface area contributed by atoms with Crippen LogP contribution < -0.4 is 0 Å². The number of benzene rings is 6. The summed E-state index contributed by atoms with van der Waals surface area (Å²) in [6.45, 7) is 0. The van der Waals surface area contributed by atoms with E-state index in [1.54, 1.807) is 24.3 Å². The van der Waals surface area contributed by atoms with E-state index < -0.39 is 0 Å². The van der Waals surface area contributed by atoms with Crippen LogP contribution in [0.15, 0.2) is 109 Å². The maximum atomic E-state index is 13.1. The number of halogens is 2. The maximum absolute atomic E-state index is 13.1. The minimum absolute atomic E-state index is 0.227. The van der Waals surface area contributed by atoms with Crippen molar-refractivity contribution < 1.29 is 8.78 Å². The maximum Gasteiger partial charge on any atom is 0.123 e. The van der Waals surface area contributed by atoms with Crippen LogP contribution in [0.3, 0.4) is 0 Å². The van der Waals surface area contributed by atoms with Crippen molar-refractivity contribution in [1.29, 1.82) is 0 Å². The van der Waals surface area contributed by atoms with Gasteiger partial charge in [0.1, 0.15) is 11.6 Å². The zero-order valence-electron chi connectivity index (χ0n) is 19.5. The first-order chi connectivity index (χ1) is 17.6. The number of hydrogen-bond acceptors (Lipinski definition) is 0. The van der Waals surface area contributed by atoms with Crippen LogP contribution >= 0.6 is 0 Å². The Morgan fingerprint density at radius 3 is 1.08 bits per heavy atom. The second-order valence-corrected chi connectivity index (χ2v) is 8.96. The molecule has 0 radical (unpaired) electrons. The molecule has 0 aliphatic rings. The zero-order chi connectivity index (χ0) is 24.5. The Morgan fingerprint density at radius 2 is 0.667 bits per heavy atom. The third-order valence-corrected chi connectivity index (χ3v) is 6.56. The van der Waals surface area contributed by atoms with Gasteiger partial charge in [-0.25, -0.2) is 8.78 Å². The summed E-state index contributed by atoms with van der Waals surface area (Å²) in [5, 5.41) is 7.25. The molecule has 0 spiro atoms. The second-order valence-electron chi connectivity index (χ2n) is 8.96. The molecule has 0 atom stereocenters. The molecular formula is C34H22F2. The fraction of sp³-hybridized carbons (Fsp3) is 0. The molecule has 0 aliphatic heterocycles. The Balaban J connectivity index is 1.33. The molecule has 0 heterocycles. The van der Waals surface area contributed by atoms with E-state index in [9.17, 15) is 8.78 Å². The summed E-state index contributed by atoms with van der Waals surface area (Å²) in [5.74, 6) is -0.454. The SMILES string of the molecule is Fc1ccc(C=Cc2ccc3c(ccc4c5ccc(C=Cc6ccc(F)cc6)cc5ccc34)c2)cc1. The second kappa shape index (κ2) is 9.24. The van der Waals surface area contributed by atoms with Crippen LogP contribution in [-0.4, -0.2) is 0 Å². The lowest BCUT2D eigenvalue weighted by atomic mass is 9.95. The van der Waals surface area contributed by atoms with Crippen molar-refractivity contribution in [2.75, 3.05) is 0 Å². The van der Waals surface area contributed by atoms with E-state index >= 15 is 0 Å². The van der Waals surface area contributed by atoms with Crippen LogP contribution in [0, 0.1) is 11.6 Å². The molecule has 0 aromatic heterocycles. The van der Waals surface area contributed by atoms with E-state index in [0.717, 1.165) is 22.3 Å². The molecule has 6 aromatic carbocycles. The van der Waals surface area contributed by atoms with Gasteiger partial charge in [-0.3, -0.25) is 0 Å². The van der Waals surface area contributed by atoms with Crippen LogP contribution in [0.1, 0.15) is 22.3 Å². The first kappa shape index (κ1) is 21.9. The van der Waals surface area contributed by atoms with E-state index in [0.29, 0.717) is 0 Å². The van der Waals surface area contributed by atoms with Gasteiger partial charge < -0.3 is 0 Å². The molecule has 0 saturated heterocycles. The molecule has 6 rings (SSSR count). The van der Waals surface area contributed by atoms with Gasteiger partial charge in [0.05, 0.1) is 0 Å². The van der Waals surface area contributed by atoms with Gasteiger partial charge >= 0.3 is 0 Å². The Morgan fingerprint density at radius 1 is 0.333 bits per heavy atom. The van der Waals surface area contributed by atoms with Gasteiger partial charge in [0.2, 0.25) is 0 Å². The molecule has 0 fully saturated rings. The van der Waals surface area contributed by atoms with Gasteiger partial charge in [0.25, 0.3) is 0 Å². The van der Waals surface area contributed by atoms with Crippen LogP contribution in [0.5, 0.6) is 0 Å². The highest BCUT2D eigenvalue weighted by Gasteiger charge is 2.06. The molecular weight excluding hydrogens is 446 g/mol. The smallest absolute Gasteiger partial charge is 0.123 e. The van der Waals surface area contributed by atoms with Crippen molar-refractivity contribution in [2.24, 2.45) is 0 Å². The first-order valence-corrected chi connectivity index (χ1v) is 11.9. The summed E-state index contributed by atoms with van der Waals surface area (Å²) in [6, 6.07) is 34.7.